The van der Waals surface area contributed by atoms with Crippen LogP contribution in [0.1, 0.15) is 17.5 Å². The van der Waals surface area contributed by atoms with E-state index in [1.54, 1.807) is 0 Å². The van der Waals surface area contributed by atoms with Gasteiger partial charge in [-0.2, -0.15) is 0 Å². The molecule has 0 saturated heterocycles. The second-order valence-electron chi connectivity index (χ2n) is 5.85. The van der Waals surface area contributed by atoms with Gasteiger partial charge < -0.3 is 5.32 Å². The van der Waals surface area contributed by atoms with Crippen LogP contribution in [0.25, 0.3) is 11.3 Å². The Bertz CT molecular complexity index is 924. The van der Waals surface area contributed by atoms with E-state index in [0.29, 0.717) is 5.11 Å². The summed E-state index contributed by atoms with van der Waals surface area (Å²) in [6, 6.07) is 17.9. The molecule has 0 aliphatic rings. The molecule has 7 heteroatoms. The van der Waals surface area contributed by atoms with Crippen LogP contribution in [0, 0.1) is 0 Å². The van der Waals surface area contributed by atoms with Gasteiger partial charge in [0, 0.05) is 16.6 Å². The molecule has 1 amide bonds. The number of anilines is 1. The largest absolute Gasteiger partial charge is 0.331 e. The minimum Gasteiger partial charge on any atom is -0.331 e. The zero-order valence-corrected chi connectivity index (χ0v) is 16.5. The van der Waals surface area contributed by atoms with E-state index in [-0.39, 0.29) is 12.3 Å². The first kappa shape index (κ1) is 19.0. The van der Waals surface area contributed by atoms with Gasteiger partial charge in [0.25, 0.3) is 0 Å². The van der Waals surface area contributed by atoms with Crippen LogP contribution in [0.3, 0.4) is 0 Å². The molecule has 3 N–H and O–H groups in total. The lowest BCUT2D eigenvalue weighted by molar-refractivity contribution is -0.120. The first-order valence-corrected chi connectivity index (χ1v) is 9.87. The van der Waals surface area contributed by atoms with Crippen LogP contribution in [0.15, 0.2) is 60.0 Å². The van der Waals surface area contributed by atoms with Gasteiger partial charge >= 0.3 is 0 Å². The molecule has 0 atom stereocenters. The van der Waals surface area contributed by atoms with E-state index in [0.717, 1.165) is 28.4 Å². The standard InChI is InChI=1S/C20H20N4OS2/c1-2-14-7-6-10-16(11-14)21-20(26)24-23-18(25)12-19-22-17(13-27-19)15-8-4-3-5-9-15/h3-11,13H,2,12H2,1H3,(H,23,25)(H2,21,24,26). The van der Waals surface area contributed by atoms with Crippen molar-refractivity contribution >= 4 is 40.3 Å². The van der Waals surface area contributed by atoms with Crippen LogP contribution in [-0.2, 0) is 17.6 Å². The lowest BCUT2D eigenvalue weighted by atomic mass is 10.1. The molecule has 27 heavy (non-hydrogen) atoms. The Labute approximate surface area is 167 Å². The summed E-state index contributed by atoms with van der Waals surface area (Å²) in [5.41, 5.74) is 9.34. The summed E-state index contributed by atoms with van der Waals surface area (Å²) in [4.78, 5) is 16.6. The third kappa shape index (κ3) is 5.60. The topological polar surface area (TPSA) is 66.0 Å². The van der Waals surface area contributed by atoms with Crippen molar-refractivity contribution in [3.63, 3.8) is 0 Å². The fraction of sp³-hybridized carbons (Fsp3) is 0.150. The Morgan fingerprint density at radius 3 is 2.70 bits per heavy atom. The number of benzene rings is 2. The lowest BCUT2D eigenvalue weighted by Gasteiger charge is -2.11. The number of thiocarbonyl (C=S) groups is 1. The number of aryl methyl sites for hydroxylation is 1. The van der Waals surface area contributed by atoms with E-state index < -0.39 is 0 Å². The minimum absolute atomic E-state index is 0.193. The fourth-order valence-corrected chi connectivity index (χ4v) is 3.44. The van der Waals surface area contributed by atoms with Crippen LogP contribution < -0.4 is 16.2 Å². The molecule has 0 fully saturated rings. The Morgan fingerprint density at radius 1 is 1.11 bits per heavy atom. The maximum absolute atomic E-state index is 12.1. The first-order chi connectivity index (χ1) is 13.1. The Hall–Kier alpha value is -2.77. The van der Waals surface area contributed by atoms with Crippen molar-refractivity contribution in [1.29, 1.82) is 0 Å². The number of aromatic nitrogens is 1. The van der Waals surface area contributed by atoms with Crippen LogP contribution in [0.4, 0.5) is 5.69 Å². The molecule has 0 spiro atoms. The van der Waals surface area contributed by atoms with Gasteiger partial charge in [-0.3, -0.25) is 15.6 Å². The molecule has 138 valence electrons. The lowest BCUT2D eigenvalue weighted by Crippen LogP contribution is -2.44. The molecule has 0 aliphatic heterocycles. The minimum atomic E-state index is -0.199. The van der Waals surface area contributed by atoms with Crippen LogP contribution in [0.5, 0.6) is 0 Å². The van der Waals surface area contributed by atoms with Gasteiger partial charge in [0.1, 0.15) is 5.01 Å². The van der Waals surface area contributed by atoms with E-state index in [2.05, 4.69) is 34.1 Å². The van der Waals surface area contributed by atoms with E-state index in [9.17, 15) is 4.79 Å². The molecular weight excluding hydrogens is 376 g/mol. The van der Waals surface area contributed by atoms with Crippen molar-refractivity contribution in [2.24, 2.45) is 0 Å². The summed E-state index contributed by atoms with van der Waals surface area (Å²) >= 11 is 6.68. The van der Waals surface area contributed by atoms with Gasteiger partial charge in [0.2, 0.25) is 5.91 Å². The van der Waals surface area contributed by atoms with E-state index in [1.165, 1.54) is 16.9 Å². The normalized spacial score (nSPS) is 10.3. The van der Waals surface area contributed by atoms with Gasteiger partial charge in [-0.1, -0.05) is 49.4 Å². The number of carbonyl (C=O) groups is 1. The summed E-state index contributed by atoms with van der Waals surface area (Å²) in [5.74, 6) is -0.199. The molecule has 0 saturated carbocycles. The highest BCUT2D eigenvalue weighted by atomic mass is 32.1. The maximum atomic E-state index is 12.1. The van der Waals surface area contributed by atoms with Crippen molar-refractivity contribution in [1.82, 2.24) is 15.8 Å². The third-order valence-electron chi connectivity index (χ3n) is 3.84. The molecule has 3 rings (SSSR count). The molecule has 1 heterocycles. The molecule has 0 bridgehead atoms. The first-order valence-electron chi connectivity index (χ1n) is 8.58. The highest BCUT2D eigenvalue weighted by Crippen LogP contribution is 2.21. The Kier molecular flexibility index (Phi) is 6.51. The maximum Gasteiger partial charge on any atom is 0.245 e. The quantitative estimate of drug-likeness (QED) is 0.450. The number of nitrogens with one attached hydrogen (secondary N) is 3. The van der Waals surface area contributed by atoms with Gasteiger partial charge in [0.05, 0.1) is 12.1 Å². The monoisotopic (exact) mass is 396 g/mol. The summed E-state index contributed by atoms with van der Waals surface area (Å²) in [6.45, 7) is 2.09. The molecule has 0 unspecified atom stereocenters. The third-order valence-corrected chi connectivity index (χ3v) is 4.89. The Balaban J connectivity index is 1.48. The number of hydrogen-bond donors (Lipinski definition) is 3. The highest BCUT2D eigenvalue weighted by molar-refractivity contribution is 7.80. The highest BCUT2D eigenvalue weighted by Gasteiger charge is 2.09. The van der Waals surface area contributed by atoms with Gasteiger partial charge in [0.15, 0.2) is 5.11 Å². The molecule has 0 aliphatic carbocycles. The molecule has 3 aromatic rings. The van der Waals surface area contributed by atoms with E-state index in [4.69, 9.17) is 12.2 Å². The van der Waals surface area contributed by atoms with Crippen molar-refractivity contribution in [2.45, 2.75) is 19.8 Å². The summed E-state index contributed by atoms with van der Waals surface area (Å²) in [6.07, 6.45) is 1.14. The average molecular weight is 397 g/mol. The van der Waals surface area contributed by atoms with Crippen LogP contribution in [0.2, 0.25) is 0 Å². The number of nitrogens with zero attached hydrogens (tertiary/aromatic N) is 1. The van der Waals surface area contributed by atoms with Crippen LogP contribution >= 0.6 is 23.6 Å². The molecule has 0 radical (unpaired) electrons. The SMILES string of the molecule is CCc1cccc(NC(=S)NNC(=O)Cc2nc(-c3ccccc3)cs2)c1. The zero-order chi connectivity index (χ0) is 19.1. The second-order valence-corrected chi connectivity index (χ2v) is 7.20. The average Bonchev–Trinajstić information content (AvgIpc) is 3.15. The number of hydrogen-bond acceptors (Lipinski definition) is 4. The molecule has 5 nitrogen and oxygen atoms in total. The molecular formula is C20H20N4OS2. The van der Waals surface area contributed by atoms with Gasteiger partial charge in [-0.15, -0.1) is 11.3 Å². The number of rotatable bonds is 5. The van der Waals surface area contributed by atoms with E-state index >= 15 is 0 Å². The number of hydrazine groups is 1. The van der Waals surface area contributed by atoms with Crippen molar-refractivity contribution < 1.29 is 4.79 Å². The number of thiazole rings is 1. The van der Waals surface area contributed by atoms with Crippen molar-refractivity contribution in [3.8, 4) is 11.3 Å². The summed E-state index contributed by atoms with van der Waals surface area (Å²) in [7, 11) is 0. The molecule has 1 aromatic heterocycles. The van der Waals surface area contributed by atoms with E-state index in [1.807, 2.05) is 53.9 Å². The smallest absolute Gasteiger partial charge is 0.245 e. The molecule has 2 aromatic carbocycles. The predicted molar refractivity (Wildman–Crippen MR) is 115 cm³/mol. The second kappa shape index (κ2) is 9.25. The van der Waals surface area contributed by atoms with Crippen molar-refractivity contribution in [2.75, 3.05) is 5.32 Å². The summed E-state index contributed by atoms with van der Waals surface area (Å²) in [5, 5.41) is 6.10. The summed E-state index contributed by atoms with van der Waals surface area (Å²) < 4.78 is 0. The van der Waals surface area contributed by atoms with Crippen LogP contribution in [-0.4, -0.2) is 16.0 Å². The van der Waals surface area contributed by atoms with Gasteiger partial charge in [-0.05, 0) is 36.3 Å². The van der Waals surface area contributed by atoms with Gasteiger partial charge in [-0.25, -0.2) is 4.98 Å². The number of amides is 1. The number of carbonyl (C=O) groups excluding carboxylic acids is 1. The zero-order valence-electron chi connectivity index (χ0n) is 14.9. The van der Waals surface area contributed by atoms with Crippen molar-refractivity contribution in [3.05, 3.63) is 70.5 Å². The fourth-order valence-electron chi connectivity index (χ4n) is 2.47. The Morgan fingerprint density at radius 2 is 1.93 bits per heavy atom. The predicted octanol–water partition coefficient (Wildman–Crippen LogP) is 3.93.